The van der Waals surface area contributed by atoms with Gasteiger partial charge < -0.3 is 10.4 Å². The van der Waals surface area contributed by atoms with Gasteiger partial charge in [0.1, 0.15) is 0 Å². The van der Waals surface area contributed by atoms with E-state index in [0.717, 1.165) is 3.79 Å². The van der Waals surface area contributed by atoms with Crippen LogP contribution in [0.4, 0.5) is 0 Å². The Morgan fingerprint density at radius 3 is 2.79 bits per heavy atom. The van der Waals surface area contributed by atoms with Crippen LogP contribution < -0.4 is 5.32 Å². The summed E-state index contributed by atoms with van der Waals surface area (Å²) in [6.07, 6.45) is 0.524. The number of thiophene rings is 1. The molecule has 0 atom stereocenters. The molecule has 2 rings (SSSR count). The molecule has 0 fully saturated rings. The molecule has 100 valence electrons. The van der Waals surface area contributed by atoms with Crippen LogP contribution in [-0.4, -0.2) is 28.5 Å². The Morgan fingerprint density at radius 2 is 2.21 bits per heavy atom. The molecule has 2 N–H and O–H groups in total. The van der Waals surface area contributed by atoms with Crippen LogP contribution in [-0.2, 0) is 6.42 Å². The van der Waals surface area contributed by atoms with Gasteiger partial charge in [-0.25, -0.2) is 9.78 Å². The van der Waals surface area contributed by atoms with Crippen LogP contribution in [0.1, 0.15) is 25.2 Å². The number of nitrogens with one attached hydrogen (secondary N) is 1. The number of carbonyl (C=O) groups excluding carboxylic acids is 1. The van der Waals surface area contributed by atoms with Crippen molar-refractivity contribution >= 4 is 50.5 Å². The van der Waals surface area contributed by atoms with Gasteiger partial charge in [-0.15, -0.1) is 22.7 Å². The summed E-state index contributed by atoms with van der Waals surface area (Å²) in [4.78, 5) is 27.0. The van der Waals surface area contributed by atoms with Crippen LogP contribution >= 0.6 is 38.6 Å². The molecule has 0 aliphatic rings. The first-order valence-corrected chi connectivity index (χ1v) is 7.76. The monoisotopic (exact) mass is 360 g/mol. The Labute approximate surface area is 125 Å². The Hall–Kier alpha value is -1.25. The van der Waals surface area contributed by atoms with Gasteiger partial charge in [0.15, 0.2) is 5.69 Å². The van der Waals surface area contributed by atoms with Crippen molar-refractivity contribution < 1.29 is 14.7 Å². The van der Waals surface area contributed by atoms with Crippen LogP contribution in [0.5, 0.6) is 0 Å². The van der Waals surface area contributed by atoms with Crippen molar-refractivity contribution in [2.45, 2.75) is 6.42 Å². The molecule has 1 amide bonds. The van der Waals surface area contributed by atoms with E-state index >= 15 is 0 Å². The minimum atomic E-state index is -1.03. The molecule has 0 spiro atoms. The molecule has 2 aromatic heterocycles. The average Bonchev–Trinajstić information content (AvgIpc) is 2.98. The minimum Gasteiger partial charge on any atom is -0.476 e. The van der Waals surface area contributed by atoms with Crippen LogP contribution in [0.2, 0.25) is 0 Å². The van der Waals surface area contributed by atoms with Crippen LogP contribution in [0, 0.1) is 0 Å². The lowest BCUT2D eigenvalue weighted by atomic mass is 10.4. The first kappa shape index (κ1) is 14.2. The topological polar surface area (TPSA) is 79.3 Å². The number of halogens is 1. The number of rotatable bonds is 5. The molecule has 2 heterocycles. The summed E-state index contributed by atoms with van der Waals surface area (Å²) in [5.41, 5.74) is 0.0495. The first-order valence-electron chi connectivity index (χ1n) is 5.27. The number of hydrogen-bond donors (Lipinski definition) is 2. The zero-order chi connectivity index (χ0) is 13.8. The average molecular weight is 361 g/mol. The maximum Gasteiger partial charge on any atom is 0.355 e. The number of carbonyl (C=O) groups is 2. The second-order valence-electron chi connectivity index (χ2n) is 3.54. The van der Waals surface area contributed by atoms with Gasteiger partial charge in [-0.1, -0.05) is 0 Å². The Bertz CT molecular complexity index is 609. The van der Waals surface area contributed by atoms with Gasteiger partial charge in [-0.2, -0.15) is 0 Å². The zero-order valence-corrected chi connectivity index (χ0v) is 12.8. The van der Waals surface area contributed by atoms with E-state index in [0.29, 0.717) is 22.9 Å². The van der Waals surface area contributed by atoms with E-state index in [-0.39, 0.29) is 11.6 Å². The quantitative estimate of drug-likeness (QED) is 0.858. The lowest BCUT2D eigenvalue weighted by Gasteiger charge is -2.01. The molecule has 0 saturated carbocycles. The van der Waals surface area contributed by atoms with Gasteiger partial charge in [0, 0.05) is 18.3 Å². The fourth-order valence-electron chi connectivity index (χ4n) is 1.33. The standard InChI is InChI=1S/C11H9BrN2O3S2/c12-8-2-1-7(19-8)10(15)13-4-3-9-14-6(5-18-9)11(16)17/h1-2,5H,3-4H2,(H,13,15)(H,16,17). The molecule has 8 heteroatoms. The van der Waals surface area contributed by atoms with Crippen molar-refractivity contribution in [2.75, 3.05) is 6.54 Å². The summed E-state index contributed by atoms with van der Waals surface area (Å²) in [5, 5.41) is 13.7. The van der Waals surface area contributed by atoms with Gasteiger partial charge in [0.05, 0.1) is 13.7 Å². The predicted octanol–water partition coefficient (Wildman–Crippen LogP) is 2.64. The number of thiazole rings is 1. The van der Waals surface area contributed by atoms with Gasteiger partial charge in [0.25, 0.3) is 5.91 Å². The smallest absolute Gasteiger partial charge is 0.355 e. The zero-order valence-electron chi connectivity index (χ0n) is 9.55. The van der Waals surface area contributed by atoms with E-state index < -0.39 is 5.97 Å². The maximum atomic E-state index is 11.7. The molecule has 0 bridgehead atoms. The fourth-order valence-corrected chi connectivity index (χ4v) is 3.40. The molecule has 0 aliphatic carbocycles. The predicted molar refractivity (Wildman–Crippen MR) is 77.1 cm³/mol. The molecule has 0 saturated heterocycles. The van der Waals surface area contributed by atoms with E-state index in [4.69, 9.17) is 5.11 Å². The van der Waals surface area contributed by atoms with Crippen molar-refractivity contribution in [3.05, 3.63) is 36.9 Å². The summed E-state index contributed by atoms with van der Waals surface area (Å²) >= 11 is 5.94. The van der Waals surface area contributed by atoms with Crippen molar-refractivity contribution in [1.29, 1.82) is 0 Å². The molecule has 0 aliphatic heterocycles. The van der Waals surface area contributed by atoms with Crippen LogP contribution in [0.3, 0.4) is 0 Å². The largest absolute Gasteiger partial charge is 0.476 e. The van der Waals surface area contributed by atoms with Crippen LogP contribution in [0.15, 0.2) is 21.3 Å². The van der Waals surface area contributed by atoms with Gasteiger partial charge in [0.2, 0.25) is 0 Å². The SMILES string of the molecule is O=C(O)c1csc(CCNC(=O)c2ccc(Br)s2)n1. The highest BCUT2D eigenvalue weighted by molar-refractivity contribution is 9.11. The number of aromatic nitrogens is 1. The molecule has 0 radical (unpaired) electrons. The van der Waals surface area contributed by atoms with E-state index in [2.05, 4.69) is 26.2 Å². The Kier molecular flexibility index (Phi) is 4.67. The van der Waals surface area contributed by atoms with Gasteiger partial charge in [-0.05, 0) is 28.1 Å². The Morgan fingerprint density at radius 1 is 1.42 bits per heavy atom. The molecule has 19 heavy (non-hydrogen) atoms. The molecular formula is C11H9BrN2O3S2. The summed E-state index contributed by atoms with van der Waals surface area (Å²) in [7, 11) is 0. The maximum absolute atomic E-state index is 11.7. The van der Waals surface area contributed by atoms with Gasteiger partial charge >= 0.3 is 5.97 Å². The number of aromatic carboxylic acids is 1. The Balaban J connectivity index is 1.83. The highest BCUT2D eigenvalue weighted by Crippen LogP contribution is 2.21. The third-order valence-corrected chi connectivity index (χ3v) is 4.72. The normalized spacial score (nSPS) is 10.4. The van der Waals surface area contributed by atoms with E-state index in [1.54, 1.807) is 6.07 Å². The van der Waals surface area contributed by atoms with E-state index in [1.165, 1.54) is 28.1 Å². The van der Waals surface area contributed by atoms with Crippen LogP contribution in [0.25, 0.3) is 0 Å². The highest BCUT2D eigenvalue weighted by atomic mass is 79.9. The summed E-state index contributed by atoms with van der Waals surface area (Å²) in [6.45, 7) is 0.431. The van der Waals surface area contributed by atoms with Crippen molar-refractivity contribution in [1.82, 2.24) is 10.3 Å². The van der Waals surface area contributed by atoms with E-state index in [1.807, 2.05) is 6.07 Å². The van der Waals surface area contributed by atoms with Crippen molar-refractivity contribution in [3.8, 4) is 0 Å². The minimum absolute atomic E-state index is 0.0495. The molecule has 0 aromatic carbocycles. The molecule has 2 aromatic rings. The lowest BCUT2D eigenvalue weighted by molar-refractivity contribution is 0.0690. The van der Waals surface area contributed by atoms with Gasteiger partial charge in [-0.3, -0.25) is 4.79 Å². The first-order chi connectivity index (χ1) is 9.06. The van der Waals surface area contributed by atoms with Crippen molar-refractivity contribution in [3.63, 3.8) is 0 Å². The second kappa shape index (κ2) is 6.27. The van der Waals surface area contributed by atoms with Crippen molar-refractivity contribution in [2.24, 2.45) is 0 Å². The third-order valence-electron chi connectivity index (χ3n) is 2.19. The lowest BCUT2D eigenvalue weighted by Crippen LogP contribution is -2.24. The molecule has 0 unspecified atom stereocenters. The number of amides is 1. The number of hydrogen-bond acceptors (Lipinski definition) is 5. The number of carboxylic acids is 1. The van der Waals surface area contributed by atoms with E-state index in [9.17, 15) is 9.59 Å². The fraction of sp³-hybridized carbons (Fsp3) is 0.182. The molecule has 5 nitrogen and oxygen atoms in total. The third kappa shape index (κ3) is 3.85. The highest BCUT2D eigenvalue weighted by Gasteiger charge is 2.10. The number of nitrogens with zero attached hydrogens (tertiary/aromatic N) is 1. The summed E-state index contributed by atoms with van der Waals surface area (Å²) < 4.78 is 0.906. The number of carboxylic acid groups (broad SMARTS) is 1. The summed E-state index contributed by atoms with van der Waals surface area (Å²) in [5.74, 6) is -1.17. The second-order valence-corrected chi connectivity index (χ2v) is 6.95. The molecular weight excluding hydrogens is 352 g/mol. The summed E-state index contributed by atoms with van der Waals surface area (Å²) in [6, 6.07) is 3.57.